The zero-order valence-corrected chi connectivity index (χ0v) is 5.14. The molecule has 7 nitrogen and oxygen atoms in total. The van der Waals surface area contributed by atoms with Crippen LogP contribution in [0.15, 0.2) is 0 Å². The van der Waals surface area contributed by atoms with Crippen LogP contribution in [-0.2, 0) is 0 Å². The molecule has 0 saturated carbocycles. The van der Waals surface area contributed by atoms with E-state index in [-0.39, 0.29) is 5.95 Å². The van der Waals surface area contributed by atoms with E-state index >= 15 is 0 Å². The van der Waals surface area contributed by atoms with Crippen molar-refractivity contribution >= 4 is 12.0 Å². The molecule has 2 N–H and O–H groups in total. The number of H-pyrrole nitrogens is 1. The Bertz CT molecular complexity index is 219. The Hall–Kier alpha value is -1.66. The number of nitrogens with zero attached hydrogens (tertiary/aromatic N) is 4. The van der Waals surface area contributed by atoms with E-state index in [9.17, 15) is 4.79 Å². The minimum atomic E-state index is -1.12. The second kappa shape index (κ2) is 2.29. The number of carboxylic acid groups (broad SMARTS) is 1. The topological polar surface area (TPSA) is 95.0 Å². The van der Waals surface area contributed by atoms with Gasteiger partial charge in [0.05, 0.1) is 0 Å². The second-order valence-electron chi connectivity index (χ2n) is 1.55. The SMILES string of the molecule is CN(C(=O)O)c1nn[nH]n1. The van der Waals surface area contributed by atoms with Gasteiger partial charge in [0.1, 0.15) is 0 Å². The fourth-order valence-electron chi connectivity index (χ4n) is 0.384. The van der Waals surface area contributed by atoms with Crippen molar-refractivity contribution < 1.29 is 9.90 Å². The first-order valence-corrected chi connectivity index (χ1v) is 2.42. The smallest absolute Gasteiger partial charge is 0.414 e. The van der Waals surface area contributed by atoms with E-state index < -0.39 is 6.09 Å². The maximum atomic E-state index is 10.2. The summed E-state index contributed by atoms with van der Waals surface area (Å²) in [6.45, 7) is 0. The van der Waals surface area contributed by atoms with E-state index in [1.807, 2.05) is 0 Å². The largest absolute Gasteiger partial charge is 0.465 e. The Morgan fingerprint density at radius 3 is 2.90 bits per heavy atom. The van der Waals surface area contributed by atoms with Gasteiger partial charge in [0.2, 0.25) is 0 Å². The molecule has 0 spiro atoms. The Morgan fingerprint density at radius 1 is 1.80 bits per heavy atom. The molecule has 0 bridgehead atoms. The number of anilines is 1. The molecule has 0 aliphatic carbocycles. The lowest BCUT2D eigenvalue weighted by Gasteiger charge is -2.04. The minimum Gasteiger partial charge on any atom is -0.465 e. The van der Waals surface area contributed by atoms with Gasteiger partial charge in [-0.3, -0.25) is 0 Å². The molecule has 0 radical (unpaired) electrons. The quantitative estimate of drug-likeness (QED) is 0.542. The van der Waals surface area contributed by atoms with Gasteiger partial charge in [-0.25, -0.2) is 9.69 Å². The van der Waals surface area contributed by atoms with Gasteiger partial charge in [-0.15, -0.1) is 5.10 Å². The number of aromatic nitrogens is 4. The summed E-state index contributed by atoms with van der Waals surface area (Å²) in [6, 6.07) is 0. The van der Waals surface area contributed by atoms with Gasteiger partial charge in [-0.05, 0) is 5.21 Å². The average Bonchev–Trinajstić information content (AvgIpc) is 2.36. The van der Waals surface area contributed by atoms with Gasteiger partial charge in [0.25, 0.3) is 5.95 Å². The van der Waals surface area contributed by atoms with Crippen LogP contribution in [0.25, 0.3) is 0 Å². The molecule has 1 rings (SSSR count). The molecule has 1 heterocycles. The molecule has 10 heavy (non-hydrogen) atoms. The lowest BCUT2D eigenvalue weighted by Crippen LogP contribution is -2.24. The van der Waals surface area contributed by atoms with E-state index in [4.69, 9.17) is 5.11 Å². The number of hydrogen-bond acceptors (Lipinski definition) is 4. The summed E-state index contributed by atoms with van der Waals surface area (Å²) in [7, 11) is 1.33. The van der Waals surface area contributed by atoms with Crippen LogP contribution in [0.4, 0.5) is 10.7 Å². The number of hydrogen-bond donors (Lipinski definition) is 2. The van der Waals surface area contributed by atoms with Crippen LogP contribution in [0, 0.1) is 0 Å². The zero-order valence-electron chi connectivity index (χ0n) is 5.14. The fourth-order valence-corrected chi connectivity index (χ4v) is 0.384. The third-order valence-corrected chi connectivity index (χ3v) is 0.921. The highest BCUT2D eigenvalue weighted by Gasteiger charge is 2.11. The average molecular weight is 143 g/mol. The molecule has 0 aliphatic rings. The third-order valence-electron chi connectivity index (χ3n) is 0.921. The summed E-state index contributed by atoms with van der Waals surface area (Å²) < 4.78 is 0. The maximum Gasteiger partial charge on any atom is 0.414 e. The van der Waals surface area contributed by atoms with Crippen LogP contribution >= 0.6 is 0 Å². The second-order valence-corrected chi connectivity index (χ2v) is 1.55. The van der Waals surface area contributed by atoms with Crippen LogP contribution in [0.5, 0.6) is 0 Å². The van der Waals surface area contributed by atoms with Crippen LogP contribution in [0.3, 0.4) is 0 Å². The van der Waals surface area contributed by atoms with Crippen molar-refractivity contribution in [2.45, 2.75) is 0 Å². The molecule has 1 aromatic heterocycles. The van der Waals surface area contributed by atoms with Crippen LogP contribution < -0.4 is 4.90 Å². The highest BCUT2D eigenvalue weighted by atomic mass is 16.4. The summed E-state index contributed by atoms with van der Waals surface area (Å²) in [5, 5.41) is 20.5. The monoisotopic (exact) mass is 143 g/mol. The highest BCUT2D eigenvalue weighted by Crippen LogP contribution is 1.97. The standard InChI is InChI=1S/C3H5N5O2/c1-8(3(9)10)2-4-6-7-5-2/h1H3,(H,9,10)(H,4,5,6,7). The molecule has 0 fully saturated rings. The van der Waals surface area contributed by atoms with Crippen LogP contribution in [0.1, 0.15) is 0 Å². The van der Waals surface area contributed by atoms with Crippen molar-refractivity contribution in [3.05, 3.63) is 0 Å². The molecule has 0 atom stereocenters. The van der Waals surface area contributed by atoms with Crippen LogP contribution in [0.2, 0.25) is 0 Å². The summed E-state index contributed by atoms with van der Waals surface area (Å²) >= 11 is 0. The molecular formula is C3H5N5O2. The summed E-state index contributed by atoms with van der Waals surface area (Å²) in [4.78, 5) is 11.1. The molecule has 1 amide bonds. The first kappa shape index (κ1) is 6.46. The number of rotatable bonds is 1. The summed E-state index contributed by atoms with van der Waals surface area (Å²) in [5.41, 5.74) is 0. The Morgan fingerprint density at radius 2 is 2.50 bits per heavy atom. The van der Waals surface area contributed by atoms with E-state index in [0.29, 0.717) is 0 Å². The lowest BCUT2D eigenvalue weighted by molar-refractivity contribution is 0.203. The number of aromatic amines is 1. The van der Waals surface area contributed by atoms with Gasteiger partial charge in [-0.1, -0.05) is 5.10 Å². The predicted octanol–water partition coefficient (Wildman–Crippen LogP) is -0.686. The van der Waals surface area contributed by atoms with E-state index in [0.717, 1.165) is 4.90 Å². The Kier molecular flexibility index (Phi) is 1.48. The molecule has 1 aromatic rings. The first-order chi connectivity index (χ1) is 4.72. The molecule has 7 heteroatoms. The highest BCUT2D eigenvalue weighted by molar-refractivity contribution is 5.82. The van der Waals surface area contributed by atoms with Crippen molar-refractivity contribution in [3.8, 4) is 0 Å². The summed E-state index contributed by atoms with van der Waals surface area (Å²) in [6.07, 6.45) is -1.12. The van der Waals surface area contributed by atoms with Crippen molar-refractivity contribution in [2.75, 3.05) is 11.9 Å². The molecule has 0 aromatic carbocycles. The van der Waals surface area contributed by atoms with Crippen molar-refractivity contribution in [2.24, 2.45) is 0 Å². The predicted molar refractivity (Wildman–Crippen MR) is 30.6 cm³/mol. The molecule has 0 aliphatic heterocycles. The van der Waals surface area contributed by atoms with Gasteiger partial charge >= 0.3 is 6.09 Å². The first-order valence-electron chi connectivity index (χ1n) is 2.42. The summed E-state index contributed by atoms with van der Waals surface area (Å²) in [5.74, 6) is 0.0347. The molecule has 0 saturated heterocycles. The molecule has 0 unspecified atom stereocenters. The number of amides is 1. The maximum absolute atomic E-state index is 10.2. The number of tetrazole rings is 1. The Labute approximate surface area is 55.7 Å². The lowest BCUT2D eigenvalue weighted by atomic mass is 10.8. The van der Waals surface area contributed by atoms with Gasteiger partial charge in [0.15, 0.2) is 0 Å². The number of carbonyl (C=O) groups is 1. The van der Waals surface area contributed by atoms with Gasteiger partial charge < -0.3 is 5.11 Å². The van der Waals surface area contributed by atoms with Gasteiger partial charge in [-0.2, -0.15) is 5.21 Å². The zero-order chi connectivity index (χ0) is 7.56. The van der Waals surface area contributed by atoms with Crippen LogP contribution in [-0.4, -0.2) is 38.9 Å². The normalized spacial score (nSPS) is 9.30. The van der Waals surface area contributed by atoms with Gasteiger partial charge in [0, 0.05) is 7.05 Å². The van der Waals surface area contributed by atoms with Crippen molar-refractivity contribution in [3.63, 3.8) is 0 Å². The Balaban J connectivity index is 2.77. The minimum absolute atomic E-state index is 0.0347. The van der Waals surface area contributed by atoms with E-state index in [1.165, 1.54) is 7.05 Å². The van der Waals surface area contributed by atoms with E-state index in [1.54, 1.807) is 0 Å². The fraction of sp³-hybridized carbons (Fsp3) is 0.333. The molecular weight excluding hydrogens is 138 g/mol. The third kappa shape index (κ3) is 1.02. The molecule has 54 valence electrons. The number of nitrogens with one attached hydrogen (secondary N) is 1. The van der Waals surface area contributed by atoms with E-state index in [2.05, 4.69) is 20.6 Å². The van der Waals surface area contributed by atoms with Crippen molar-refractivity contribution in [1.82, 2.24) is 20.6 Å². The van der Waals surface area contributed by atoms with Crippen molar-refractivity contribution in [1.29, 1.82) is 0 Å².